The Kier molecular flexibility index (Phi) is 7.96. The molecule has 0 aromatic carbocycles. The second-order valence-electron chi connectivity index (χ2n) is 3.54. The predicted molar refractivity (Wildman–Crippen MR) is 68.0 cm³/mol. The Morgan fingerprint density at radius 1 is 1.44 bits per heavy atom. The molecule has 16 heavy (non-hydrogen) atoms. The average Bonchev–Trinajstić information content (AvgIpc) is 2.25. The van der Waals surface area contributed by atoms with Gasteiger partial charge in [-0.1, -0.05) is 18.6 Å². The van der Waals surface area contributed by atoms with Gasteiger partial charge >= 0.3 is 0 Å². The van der Waals surface area contributed by atoms with Crippen LogP contribution >= 0.6 is 12.4 Å². The molecule has 3 N–H and O–H groups in total. The minimum absolute atomic E-state index is 0. The van der Waals surface area contributed by atoms with Crippen molar-refractivity contribution in [1.29, 1.82) is 0 Å². The normalized spacial score (nSPS) is 16.4. The van der Waals surface area contributed by atoms with Gasteiger partial charge in [0.1, 0.15) is 0 Å². The molecule has 1 aliphatic rings. The average molecular weight is 270 g/mol. The van der Waals surface area contributed by atoms with Gasteiger partial charge in [0.05, 0.1) is 0 Å². The van der Waals surface area contributed by atoms with E-state index in [0.29, 0.717) is 13.1 Å². The van der Waals surface area contributed by atoms with E-state index in [1.807, 2.05) is 13.0 Å². The van der Waals surface area contributed by atoms with E-state index >= 15 is 0 Å². The largest absolute Gasteiger partial charge is 0.313 e. The van der Waals surface area contributed by atoms with Crippen molar-refractivity contribution in [2.75, 3.05) is 26.2 Å². The van der Waals surface area contributed by atoms with Crippen LogP contribution in [0.5, 0.6) is 0 Å². The monoisotopic (exact) mass is 269 g/mol. The number of hydrogen-bond acceptors (Lipinski definition) is 3. The van der Waals surface area contributed by atoms with E-state index in [-0.39, 0.29) is 12.4 Å². The predicted octanol–water partition coefficient (Wildman–Crippen LogP) is 0.162. The fourth-order valence-electron chi connectivity index (χ4n) is 1.31. The summed E-state index contributed by atoms with van der Waals surface area (Å²) < 4.78 is 27.7. The van der Waals surface area contributed by atoms with E-state index < -0.39 is 10.2 Å². The van der Waals surface area contributed by atoms with Crippen molar-refractivity contribution < 1.29 is 8.42 Å². The first-order valence-electron chi connectivity index (χ1n) is 5.27. The van der Waals surface area contributed by atoms with Gasteiger partial charge in [0.25, 0.3) is 10.2 Å². The van der Waals surface area contributed by atoms with Crippen LogP contribution in [0, 0.1) is 0 Å². The number of halogens is 1. The maximum absolute atomic E-state index is 11.4. The molecule has 0 aromatic rings. The highest BCUT2D eigenvalue weighted by Crippen LogP contribution is 2.02. The van der Waals surface area contributed by atoms with E-state index in [2.05, 4.69) is 14.8 Å². The Morgan fingerprint density at radius 3 is 2.75 bits per heavy atom. The van der Waals surface area contributed by atoms with Gasteiger partial charge in [0, 0.05) is 19.6 Å². The summed E-state index contributed by atoms with van der Waals surface area (Å²) in [5.74, 6) is 0. The van der Waals surface area contributed by atoms with Crippen molar-refractivity contribution in [1.82, 2.24) is 14.8 Å². The lowest BCUT2D eigenvalue weighted by Gasteiger charge is -2.14. The Hall–Kier alpha value is -0.140. The van der Waals surface area contributed by atoms with E-state index in [9.17, 15) is 8.42 Å². The molecule has 0 bridgehead atoms. The maximum atomic E-state index is 11.4. The molecule has 0 saturated carbocycles. The summed E-state index contributed by atoms with van der Waals surface area (Å²) >= 11 is 0. The second-order valence-corrected chi connectivity index (χ2v) is 5.12. The zero-order chi connectivity index (χ0) is 11.1. The molecule has 0 aromatic heterocycles. The molecule has 0 radical (unpaired) electrons. The highest BCUT2D eigenvalue weighted by atomic mass is 35.5. The molecule has 0 fully saturated rings. The zero-order valence-electron chi connectivity index (χ0n) is 9.45. The van der Waals surface area contributed by atoms with Crippen LogP contribution in [-0.4, -0.2) is 34.6 Å². The van der Waals surface area contributed by atoms with Gasteiger partial charge in [0.2, 0.25) is 0 Å². The van der Waals surface area contributed by atoms with Gasteiger partial charge in [0.15, 0.2) is 0 Å². The lowest BCUT2D eigenvalue weighted by molar-refractivity contribution is 0.566. The Labute approximate surface area is 104 Å². The summed E-state index contributed by atoms with van der Waals surface area (Å²) in [6.45, 7) is 4.59. The molecular formula is C9H20ClN3O2S. The Balaban J connectivity index is 0.00000225. The molecule has 0 aliphatic carbocycles. The summed E-state index contributed by atoms with van der Waals surface area (Å²) in [7, 11) is -3.30. The van der Waals surface area contributed by atoms with Gasteiger partial charge in [-0.25, -0.2) is 4.72 Å². The lowest BCUT2D eigenvalue weighted by atomic mass is 10.1. The maximum Gasteiger partial charge on any atom is 0.277 e. The first kappa shape index (κ1) is 15.9. The topological polar surface area (TPSA) is 70.2 Å². The molecule has 1 rings (SSSR count). The van der Waals surface area contributed by atoms with Crippen LogP contribution < -0.4 is 14.8 Å². The van der Waals surface area contributed by atoms with Crippen LogP contribution in [0.3, 0.4) is 0 Å². The molecule has 1 heterocycles. The molecule has 0 atom stereocenters. The van der Waals surface area contributed by atoms with Crippen molar-refractivity contribution in [2.24, 2.45) is 0 Å². The van der Waals surface area contributed by atoms with Crippen LogP contribution in [0.2, 0.25) is 0 Å². The molecule has 1 aliphatic heterocycles. The zero-order valence-corrected chi connectivity index (χ0v) is 11.1. The lowest BCUT2D eigenvalue weighted by Crippen LogP contribution is -2.38. The SMILES string of the molecule is CCCNS(=O)(=O)NCC1=CCNCC1.Cl. The van der Waals surface area contributed by atoms with E-state index in [1.165, 1.54) is 0 Å². The fourth-order valence-corrected chi connectivity index (χ4v) is 2.26. The Morgan fingerprint density at radius 2 is 2.19 bits per heavy atom. The van der Waals surface area contributed by atoms with Gasteiger partial charge in [-0.05, 0) is 19.4 Å². The first-order chi connectivity index (χ1) is 7.14. The molecular weight excluding hydrogens is 250 g/mol. The number of rotatable bonds is 6. The summed E-state index contributed by atoms with van der Waals surface area (Å²) in [6, 6.07) is 0. The minimum Gasteiger partial charge on any atom is -0.313 e. The highest BCUT2D eigenvalue weighted by molar-refractivity contribution is 7.87. The van der Waals surface area contributed by atoms with Gasteiger partial charge in [-0.2, -0.15) is 13.1 Å². The standard InChI is InChI=1S/C9H19N3O2S.ClH/c1-2-5-11-15(13,14)12-8-9-3-6-10-7-4-9;/h3,10-12H,2,4-8H2,1H3;1H. The van der Waals surface area contributed by atoms with Crippen LogP contribution in [0.1, 0.15) is 19.8 Å². The third kappa shape index (κ3) is 6.44. The van der Waals surface area contributed by atoms with Crippen molar-refractivity contribution in [3.8, 4) is 0 Å². The smallest absolute Gasteiger partial charge is 0.277 e. The first-order valence-corrected chi connectivity index (χ1v) is 6.75. The molecule has 96 valence electrons. The van der Waals surface area contributed by atoms with Crippen molar-refractivity contribution >= 4 is 22.6 Å². The van der Waals surface area contributed by atoms with E-state index in [4.69, 9.17) is 0 Å². The summed E-state index contributed by atoms with van der Waals surface area (Å²) in [6.07, 6.45) is 3.75. The Bertz CT molecular complexity index is 317. The van der Waals surface area contributed by atoms with Gasteiger partial charge < -0.3 is 5.32 Å². The van der Waals surface area contributed by atoms with Crippen LogP contribution in [0.4, 0.5) is 0 Å². The minimum atomic E-state index is -3.30. The van der Waals surface area contributed by atoms with Crippen LogP contribution in [-0.2, 0) is 10.2 Å². The summed E-state index contributed by atoms with van der Waals surface area (Å²) in [5.41, 5.74) is 1.15. The summed E-state index contributed by atoms with van der Waals surface area (Å²) in [5, 5.41) is 3.18. The summed E-state index contributed by atoms with van der Waals surface area (Å²) in [4.78, 5) is 0. The second kappa shape index (κ2) is 8.03. The highest BCUT2D eigenvalue weighted by Gasteiger charge is 2.09. The molecule has 0 spiro atoms. The van der Waals surface area contributed by atoms with Gasteiger partial charge in [-0.15, -0.1) is 12.4 Å². The van der Waals surface area contributed by atoms with Crippen LogP contribution in [0.25, 0.3) is 0 Å². The fraction of sp³-hybridized carbons (Fsp3) is 0.778. The molecule has 7 heteroatoms. The van der Waals surface area contributed by atoms with Crippen LogP contribution in [0.15, 0.2) is 11.6 Å². The third-order valence-corrected chi connectivity index (χ3v) is 3.30. The molecule has 0 saturated heterocycles. The molecule has 0 unspecified atom stereocenters. The van der Waals surface area contributed by atoms with Crippen molar-refractivity contribution in [3.05, 3.63) is 11.6 Å². The molecule has 5 nitrogen and oxygen atoms in total. The van der Waals surface area contributed by atoms with E-state index in [1.54, 1.807) is 0 Å². The van der Waals surface area contributed by atoms with Crippen molar-refractivity contribution in [2.45, 2.75) is 19.8 Å². The quantitative estimate of drug-likeness (QED) is 0.602. The van der Waals surface area contributed by atoms with Gasteiger partial charge in [-0.3, -0.25) is 0 Å². The number of nitrogens with one attached hydrogen (secondary N) is 3. The number of hydrogen-bond donors (Lipinski definition) is 3. The van der Waals surface area contributed by atoms with Crippen molar-refractivity contribution in [3.63, 3.8) is 0 Å². The van der Waals surface area contributed by atoms with E-state index in [0.717, 1.165) is 31.5 Å². The third-order valence-electron chi connectivity index (χ3n) is 2.19. The molecule has 0 amide bonds.